The second-order valence-corrected chi connectivity index (χ2v) is 12.4. The van der Waals surface area contributed by atoms with Crippen LogP contribution in [0.2, 0.25) is 0 Å². The number of amides is 4. The van der Waals surface area contributed by atoms with Gasteiger partial charge in [-0.1, -0.05) is 13.8 Å². The Kier molecular flexibility index (Phi) is 8.14. The smallest absolute Gasteiger partial charge is 0.251 e. The molecule has 0 saturated heterocycles. The maximum Gasteiger partial charge on any atom is 0.251 e. The van der Waals surface area contributed by atoms with Crippen molar-refractivity contribution in [1.29, 1.82) is 0 Å². The third-order valence-electron chi connectivity index (χ3n) is 7.08. The molecule has 2 aromatic rings. The van der Waals surface area contributed by atoms with E-state index < -0.39 is 11.8 Å². The lowest BCUT2D eigenvalue weighted by Gasteiger charge is -2.18. The van der Waals surface area contributed by atoms with Gasteiger partial charge >= 0.3 is 0 Å². The van der Waals surface area contributed by atoms with E-state index in [0.29, 0.717) is 45.8 Å². The number of rotatable bonds is 9. The molecule has 2 atom stereocenters. The average molecular weight is 531 g/mol. The Balaban J connectivity index is 1.28. The lowest BCUT2D eigenvalue weighted by molar-refractivity contribution is -0.118. The summed E-state index contributed by atoms with van der Waals surface area (Å²) in [4.78, 5) is 51.5. The van der Waals surface area contributed by atoms with Gasteiger partial charge in [-0.25, -0.2) is 0 Å². The molecule has 36 heavy (non-hydrogen) atoms. The van der Waals surface area contributed by atoms with Gasteiger partial charge in [-0.3, -0.25) is 19.2 Å². The summed E-state index contributed by atoms with van der Waals surface area (Å²) in [6.45, 7) is 4.37. The molecular formula is C26H34N4O4S2. The van der Waals surface area contributed by atoms with Gasteiger partial charge in [0.15, 0.2) is 0 Å². The van der Waals surface area contributed by atoms with Crippen molar-refractivity contribution in [3.63, 3.8) is 0 Å². The summed E-state index contributed by atoms with van der Waals surface area (Å²) in [7, 11) is 0. The van der Waals surface area contributed by atoms with Crippen LogP contribution in [0.3, 0.4) is 0 Å². The highest BCUT2D eigenvalue weighted by Crippen LogP contribution is 2.40. The lowest BCUT2D eigenvalue weighted by Crippen LogP contribution is -2.19. The second-order valence-electron chi connectivity index (χ2n) is 10.1. The monoisotopic (exact) mass is 530 g/mol. The quantitative estimate of drug-likeness (QED) is 0.356. The first-order chi connectivity index (χ1) is 17.1. The number of hydrogen-bond acceptors (Lipinski definition) is 6. The first-order valence-electron chi connectivity index (χ1n) is 12.6. The molecule has 4 amide bonds. The first-order valence-corrected chi connectivity index (χ1v) is 14.3. The summed E-state index contributed by atoms with van der Waals surface area (Å²) in [6, 6.07) is 0. The van der Waals surface area contributed by atoms with Gasteiger partial charge in [-0.05, 0) is 74.3 Å². The molecule has 2 heterocycles. The van der Waals surface area contributed by atoms with Gasteiger partial charge in [0.1, 0.15) is 10.0 Å². The van der Waals surface area contributed by atoms with Crippen LogP contribution in [0.25, 0.3) is 0 Å². The van der Waals surface area contributed by atoms with E-state index in [1.165, 1.54) is 22.7 Å². The van der Waals surface area contributed by atoms with E-state index in [9.17, 15) is 19.2 Å². The predicted molar refractivity (Wildman–Crippen MR) is 144 cm³/mol. The zero-order valence-electron chi connectivity index (χ0n) is 20.8. The van der Waals surface area contributed by atoms with Crippen LogP contribution in [-0.4, -0.2) is 23.6 Å². The minimum absolute atomic E-state index is 0.194. The fourth-order valence-corrected chi connectivity index (χ4v) is 8.01. The third kappa shape index (κ3) is 5.81. The summed E-state index contributed by atoms with van der Waals surface area (Å²) in [5.41, 5.74) is 14.1. The molecule has 0 aromatic carbocycles. The number of thiophene rings is 2. The van der Waals surface area contributed by atoms with Crippen molar-refractivity contribution in [2.45, 2.75) is 78.1 Å². The van der Waals surface area contributed by atoms with Crippen molar-refractivity contribution >= 4 is 56.3 Å². The van der Waals surface area contributed by atoms with Crippen LogP contribution in [0.5, 0.6) is 0 Å². The Hall–Kier alpha value is -2.72. The highest BCUT2D eigenvalue weighted by molar-refractivity contribution is 7.17. The normalized spacial score (nSPS) is 18.7. The number of nitrogens with two attached hydrogens (primary N) is 2. The van der Waals surface area contributed by atoms with Gasteiger partial charge in [0, 0.05) is 22.6 Å². The molecule has 0 bridgehead atoms. The molecule has 0 radical (unpaired) electrons. The molecule has 194 valence electrons. The molecule has 2 aromatic heterocycles. The Morgan fingerprint density at radius 3 is 1.50 bits per heavy atom. The third-order valence-corrected chi connectivity index (χ3v) is 9.42. The minimum atomic E-state index is -0.505. The number of primary amides is 2. The number of hydrogen-bond donors (Lipinski definition) is 4. The SMILES string of the molecule is CC1CCc2c(sc(NC(=O)CCCCC(=O)Nc3sc4c(c3C(N)=O)CCC(C)C4)c2C(N)=O)C1. The Labute approximate surface area is 219 Å². The van der Waals surface area contributed by atoms with Crippen molar-refractivity contribution in [1.82, 2.24) is 0 Å². The lowest BCUT2D eigenvalue weighted by atomic mass is 9.88. The summed E-state index contributed by atoms with van der Waals surface area (Å²) < 4.78 is 0. The molecule has 0 fully saturated rings. The van der Waals surface area contributed by atoms with E-state index in [-0.39, 0.29) is 24.7 Å². The molecule has 0 saturated carbocycles. The Morgan fingerprint density at radius 1 is 0.750 bits per heavy atom. The molecule has 0 aliphatic heterocycles. The van der Waals surface area contributed by atoms with Crippen LogP contribution >= 0.6 is 22.7 Å². The molecule has 6 N–H and O–H groups in total. The van der Waals surface area contributed by atoms with Crippen molar-refractivity contribution in [2.75, 3.05) is 10.6 Å². The van der Waals surface area contributed by atoms with Crippen molar-refractivity contribution in [2.24, 2.45) is 23.3 Å². The molecule has 0 spiro atoms. The second kappa shape index (κ2) is 11.1. The van der Waals surface area contributed by atoms with Crippen LogP contribution in [-0.2, 0) is 35.3 Å². The van der Waals surface area contributed by atoms with Gasteiger partial charge in [-0.15, -0.1) is 22.7 Å². The molecule has 2 aliphatic rings. The zero-order valence-corrected chi connectivity index (χ0v) is 22.5. The number of anilines is 2. The van der Waals surface area contributed by atoms with Gasteiger partial charge in [0.2, 0.25) is 11.8 Å². The highest BCUT2D eigenvalue weighted by Gasteiger charge is 2.28. The van der Waals surface area contributed by atoms with E-state index in [1.54, 1.807) is 0 Å². The number of unbranched alkanes of at least 4 members (excludes halogenated alkanes) is 1. The summed E-state index contributed by atoms with van der Waals surface area (Å²) in [5.74, 6) is -0.299. The maximum atomic E-state index is 12.6. The Morgan fingerprint density at radius 2 is 1.14 bits per heavy atom. The van der Waals surface area contributed by atoms with Gasteiger partial charge in [-0.2, -0.15) is 0 Å². The Bertz CT molecular complexity index is 1110. The zero-order chi connectivity index (χ0) is 26.0. The summed E-state index contributed by atoms with van der Waals surface area (Å²) >= 11 is 2.90. The minimum Gasteiger partial charge on any atom is -0.365 e. The fourth-order valence-electron chi connectivity index (χ4n) is 5.15. The van der Waals surface area contributed by atoms with Gasteiger partial charge in [0.05, 0.1) is 11.1 Å². The number of carbonyl (C=O) groups is 4. The van der Waals surface area contributed by atoms with Crippen molar-refractivity contribution < 1.29 is 19.2 Å². The molecule has 2 unspecified atom stereocenters. The fraction of sp³-hybridized carbons (Fsp3) is 0.538. The molecule has 8 nitrogen and oxygen atoms in total. The van der Waals surface area contributed by atoms with E-state index in [2.05, 4.69) is 24.5 Å². The number of carbonyl (C=O) groups excluding carboxylic acids is 4. The van der Waals surface area contributed by atoms with Crippen LogP contribution in [0.1, 0.15) is 94.0 Å². The van der Waals surface area contributed by atoms with Gasteiger partial charge < -0.3 is 22.1 Å². The van der Waals surface area contributed by atoms with Crippen molar-refractivity contribution in [3.8, 4) is 0 Å². The van der Waals surface area contributed by atoms with Crippen LogP contribution in [0, 0.1) is 11.8 Å². The number of nitrogens with one attached hydrogen (secondary N) is 2. The topological polar surface area (TPSA) is 144 Å². The van der Waals surface area contributed by atoms with E-state index in [4.69, 9.17) is 11.5 Å². The van der Waals surface area contributed by atoms with E-state index >= 15 is 0 Å². The van der Waals surface area contributed by atoms with Crippen molar-refractivity contribution in [3.05, 3.63) is 32.0 Å². The van der Waals surface area contributed by atoms with E-state index in [0.717, 1.165) is 59.4 Å². The molecular weight excluding hydrogens is 496 g/mol. The number of fused-ring (bicyclic) bond motifs is 2. The summed E-state index contributed by atoms with van der Waals surface area (Å²) in [6.07, 6.45) is 6.94. The summed E-state index contributed by atoms with van der Waals surface area (Å²) in [5, 5.41) is 6.83. The predicted octanol–water partition coefficient (Wildman–Crippen LogP) is 4.39. The highest BCUT2D eigenvalue weighted by atomic mass is 32.1. The van der Waals surface area contributed by atoms with Gasteiger partial charge in [0.25, 0.3) is 11.8 Å². The average Bonchev–Trinajstić information content (AvgIpc) is 3.32. The molecule has 4 rings (SSSR count). The van der Waals surface area contributed by atoms with Crippen LogP contribution in [0.15, 0.2) is 0 Å². The molecule has 2 aliphatic carbocycles. The largest absolute Gasteiger partial charge is 0.365 e. The molecule has 10 heteroatoms. The maximum absolute atomic E-state index is 12.6. The van der Waals surface area contributed by atoms with Crippen LogP contribution < -0.4 is 22.1 Å². The standard InChI is InChI=1S/C26H34N4O4S2/c1-13-7-9-15-17(11-13)35-25(21(15)23(27)33)29-19(31)5-3-4-6-20(32)30-26-22(24(28)34)16-10-8-14(2)12-18(16)36-26/h13-14H,3-12H2,1-2H3,(H2,27,33)(H2,28,34)(H,29,31)(H,30,32). The first kappa shape index (κ1) is 26.3. The van der Waals surface area contributed by atoms with Crippen LogP contribution in [0.4, 0.5) is 10.0 Å². The van der Waals surface area contributed by atoms with E-state index in [1.807, 2.05) is 0 Å².